The normalized spacial score (nSPS) is 23.4. The number of hydrogen-bond acceptors (Lipinski definition) is 4. The number of amides is 1. The number of hydrogen-bond donors (Lipinski definition) is 2. The van der Waals surface area contributed by atoms with E-state index in [0.29, 0.717) is 31.4 Å². The van der Waals surface area contributed by atoms with Crippen LogP contribution < -0.4 is 5.32 Å². The summed E-state index contributed by atoms with van der Waals surface area (Å²) in [5.74, 6) is 0.405. The van der Waals surface area contributed by atoms with Gasteiger partial charge < -0.3 is 14.8 Å². The zero-order valence-corrected chi connectivity index (χ0v) is 14.1. The van der Waals surface area contributed by atoms with Crippen LogP contribution in [0.15, 0.2) is 36.4 Å². The molecule has 2 fully saturated rings. The fourth-order valence-corrected chi connectivity index (χ4v) is 3.12. The lowest BCUT2D eigenvalue weighted by molar-refractivity contribution is -0.0736. The SMILES string of the molecule is O=C(N[C@@H]1CCOC[C@H]1OCc1ccccc1)c1cc(C2CC2)[nH]n1. The summed E-state index contributed by atoms with van der Waals surface area (Å²) in [7, 11) is 0. The van der Waals surface area contributed by atoms with E-state index in [-0.39, 0.29) is 18.1 Å². The maximum absolute atomic E-state index is 12.5. The number of ether oxygens (including phenoxy) is 2. The number of H-pyrrole nitrogens is 1. The van der Waals surface area contributed by atoms with Crippen LogP contribution in [0.3, 0.4) is 0 Å². The minimum Gasteiger partial charge on any atom is -0.379 e. The molecule has 2 heterocycles. The van der Waals surface area contributed by atoms with Crippen molar-refractivity contribution in [1.82, 2.24) is 15.5 Å². The molecule has 1 saturated carbocycles. The van der Waals surface area contributed by atoms with E-state index < -0.39 is 0 Å². The molecule has 2 atom stereocenters. The van der Waals surface area contributed by atoms with Gasteiger partial charge in [-0.25, -0.2) is 0 Å². The van der Waals surface area contributed by atoms with E-state index in [4.69, 9.17) is 9.47 Å². The number of nitrogens with zero attached hydrogens (tertiary/aromatic N) is 1. The van der Waals surface area contributed by atoms with Crippen LogP contribution in [0.2, 0.25) is 0 Å². The number of carbonyl (C=O) groups excluding carboxylic acids is 1. The zero-order chi connectivity index (χ0) is 17.1. The average molecular weight is 341 g/mol. The second-order valence-corrected chi connectivity index (χ2v) is 6.76. The summed E-state index contributed by atoms with van der Waals surface area (Å²) < 4.78 is 11.5. The van der Waals surface area contributed by atoms with Crippen molar-refractivity contribution in [2.75, 3.05) is 13.2 Å². The lowest BCUT2D eigenvalue weighted by Crippen LogP contribution is -2.50. The molecule has 1 amide bonds. The van der Waals surface area contributed by atoms with Crippen LogP contribution >= 0.6 is 0 Å². The van der Waals surface area contributed by atoms with E-state index in [9.17, 15) is 4.79 Å². The monoisotopic (exact) mass is 341 g/mol. The largest absolute Gasteiger partial charge is 0.379 e. The Kier molecular flexibility index (Phi) is 4.81. The van der Waals surface area contributed by atoms with E-state index in [1.807, 2.05) is 36.4 Å². The number of aromatic amines is 1. The van der Waals surface area contributed by atoms with Crippen molar-refractivity contribution in [3.8, 4) is 0 Å². The second-order valence-electron chi connectivity index (χ2n) is 6.76. The summed E-state index contributed by atoms with van der Waals surface area (Å²) in [5, 5.41) is 10.2. The van der Waals surface area contributed by atoms with Gasteiger partial charge in [-0.15, -0.1) is 0 Å². The highest BCUT2D eigenvalue weighted by atomic mass is 16.5. The van der Waals surface area contributed by atoms with Gasteiger partial charge in [0.2, 0.25) is 0 Å². The van der Waals surface area contributed by atoms with Gasteiger partial charge in [0.15, 0.2) is 0 Å². The van der Waals surface area contributed by atoms with Gasteiger partial charge in [-0.3, -0.25) is 9.89 Å². The first-order valence-electron chi connectivity index (χ1n) is 8.89. The summed E-state index contributed by atoms with van der Waals surface area (Å²) in [6.07, 6.45) is 2.95. The Morgan fingerprint density at radius 2 is 2.12 bits per heavy atom. The Morgan fingerprint density at radius 1 is 1.28 bits per heavy atom. The van der Waals surface area contributed by atoms with Crippen molar-refractivity contribution < 1.29 is 14.3 Å². The second kappa shape index (κ2) is 7.37. The van der Waals surface area contributed by atoms with Crippen LogP contribution in [0, 0.1) is 0 Å². The van der Waals surface area contributed by atoms with Crippen LogP contribution in [-0.4, -0.2) is 41.5 Å². The predicted molar refractivity (Wildman–Crippen MR) is 92.3 cm³/mol. The fourth-order valence-electron chi connectivity index (χ4n) is 3.12. The van der Waals surface area contributed by atoms with Crippen molar-refractivity contribution in [3.63, 3.8) is 0 Å². The lowest BCUT2D eigenvalue weighted by atomic mass is 10.1. The Bertz CT molecular complexity index is 712. The topological polar surface area (TPSA) is 76.2 Å². The van der Waals surface area contributed by atoms with Crippen LogP contribution in [0.25, 0.3) is 0 Å². The van der Waals surface area contributed by atoms with E-state index in [1.165, 1.54) is 12.8 Å². The summed E-state index contributed by atoms with van der Waals surface area (Å²) in [4.78, 5) is 12.5. The highest BCUT2D eigenvalue weighted by Crippen LogP contribution is 2.39. The molecule has 4 rings (SSSR count). The van der Waals surface area contributed by atoms with Crippen LogP contribution in [0.1, 0.15) is 46.9 Å². The van der Waals surface area contributed by atoms with Crippen molar-refractivity contribution in [3.05, 3.63) is 53.3 Å². The molecule has 1 aromatic heterocycles. The number of benzene rings is 1. The Morgan fingerprint density at radius 3 is 2.92 bits per heavy atom. The van der Waals surface area contributed by atoms with E-state index in [2.05, 4.69) is 15.5 Å². The highest BCUT2D eigenvalue weighted by molar-refractivity contribution is 5.92. The molecule has 1 aliphatic heterocycles. The molecule has 25 heavy (non-hydrogen) atoms. The zero-order valence-electron chi connectivity index (χ0n) is 14.1. The van der Waals surface area contributed by atoms with Gasteiger partial charge >= 0.3 is 0 Å². The van der Waals surface area contributed by atoms with Crippen molar-refractivity contribution in [2.45, 2.75) is 43.9 Å². The molecule has 0 spiro atoms. The molecule has 1 aromatic carbocycles. The maximum Gasteiger partial charge on any atom is 0.272 e. The number of rotatable bonds is 6. The molecule has 2 aliphatic rings. The van der Waals surface area contributed by atoms with Gasteiger partial charge in [0.05, 0.1) is 19.3 Å². The number of nitrogens with one attached hydrogen (secondary N) is 2. The van der Waals surface area contributed by atoms with Gasteiger partial charge in [0.1, 0.15) is 11.8 Å². The maximum atomic E-state index is 12.5. The molecule has 6 nitrogen and oxygen atoms in total. The van der Waals surface area contributed by atoms with Gasteiger partial charge in [-0.2, -0.15) is 5.10 Å². The molecule has 1 saturated heterocycles. The third-order valence-electron chi connectivity index (χ3n) is 4.77. The third kappa shape index (κ3) is 4.08. The van der Waals surface area contributed by atoms with Gasteiger partial charge in [-0.05, 0) is 30.9 Å². The molecule has 1 aliphatic carbocycles. The number of aromatic nitrogens is 2. The first kappa shape index (κ1) is 16.3. The minimum absolute atomic E-state index is 0.0639. The van der Waals surface area contributed by atoms with E-state index in [1.54, 1.807) is 0 Å². The Hall–Kier alpha value is -2.18. The van der Waals surface area contributed by atoms with Gasteiger partial charge in [0, 0.05) is 18.2 Å². The molecule has 0 bridgehead atoms. The van der Waals surface area contributed by atoms with Crippen LogP contribution in [0.5, 0.6) is 0 Å². The number of carbonyl (C=O) groups is 1. The lowest BCUT2D eigenvalue weighted by Gasteiger charge is -2.32. The smallest absolute Gasteiger partial charge is 0.272 e. The average Bonchev–Trinajstić information content (AvgIpc) is 3.38. The summed E-state index contributed by atoms with van der Waals surface area (Å²) in [6, 6.07) is 11.8. The third-order valence-corrected chi connectivity index (χ3v) is 4.77. The summed E-state index contributed by atoms with van der Waals surface area (Å²) >= 11 is 0. The van der Waals surface area contributed by atoms with Gasteiger partial charge in [-0.1, -0.05) is 30.3 Å². The Balaban J connectivity index is 1.35. The molecule has 2 aromatic rings. The van der Waals surface area contributed by atoms with Crippen LogP contribution in [0.4, 0.5) is 0 Å². The molecule has 132 valence electrons. The predicted octanol–water partition coefficient (Wildman–Crippen LogP) is 2.39. The summed E-state index contributed by atoms with van der Waals surface area (Å²) in [5.41, 5.74) is 2.63. The molecule has 6 heteroatoms. The quantitative estimate of drug-likeness (QED) is 0.846. The standard InChI is InChI=1S/C19H23N3O3/c23-19(17-10-16(21-22-17)14-6-7-14)20-15-8-9-24-12-18(15)25-11-13-4-2-1-3-5-13/h1-5,10,14-15,18H,6-9,11-12H2,(H,20,23)(H,21,22)/t15-,18-/m1/s1. The summed E-state index contributed by atoms with van der Waals surface area (Å²) in [6.45, 7) is 1.63. The van der Waals surface area contributed by atoms with E-state index >= 15 is 0 Å². The molecule has 0 radical (unpaired) electrons. The highest BCUT2D eigenvalue weighted by Gasteiger charge is 2.30. The first-order chi connectivity index (χ1) is 12.3. The minimum atomic E-state index is -0.153. The molecular formula is C19H23N3O3. The molecule has 2 N–H and O–H groups in total. The van der Waals surface area contributed by atoms with Gasteiger partial charge in [0.25, 0.3) is 5.91 Å². The molecule has 0 unspecified atom stereocenters. The van der Waals surface area contributed by atoms with E-state index in [0.717, 1.165) is 17.7 Å². The van der Waals surface area contributed by atoms with Crippen molar-refractivity contribution >= 4 is 5.91 Å². The fraction of sp³-hybridized carbons (Fsp3) is 0.474. The molecular weight excluding hydrogens is 318 g/mol. The van der Waals surface area contributed by atoms with Crippen molar-refractivity contribution in [1.29, 1.82) is 0 Å². The van der Waals surface area contributed by atoms with Crippen LogP contribution in [-0.2, 0) is 16.1 Å². The first-order valence-corrected chi connectivity index (χ1v) is 8.89. The Labute approximate surface area is 146 Å². The van der Waals surface area contributed by atoms with Crippen molar-refractivity contribution in [2.24, 2.45) is 0 Å².